The van der Waals surface area contributed by atoms with Crippen LogP contribution in [0.1, 0.15) is 16.0 Å². The number of hydrogen-bond acceptors (Lipinski definition) is 7. The molecule has 7 nitrogen and oxygen atoms in total. The first-order chi connectivity index (χ1) is 15.9. The van der Waals surface area contributed by atoms with Crippen molar-refractivity contribution in [3.8, 4) is 16.5 Å². The molecule has 1 aromatic carbocycles. The van der Waals surface area contributed by atoms with Crippen LogP contribution < -0.4 is 10.5 Å². The molecule has 0 unspecified atom stereocenters. The van der Waals surface area contributed by atoms with Gasteiger partial charge in [0.15, 0.2) is 5.65 Å². The monoisotopic (exact) mass is 530 g/mol. The van der Waals surface area contributed by atoms with Crippen molar-refractivity contribution in [1.29, 1.82) is 0 Å². The number of ether oxygens (including phenoxy) is 1. The van der Waals surface area contributed by atoms with E-state index in [0.717, 1.165) is 29.2 Å². The van der Waals surface area contributed by atoms with E-state index in [1.54, 1.807) is 31.5 Å². The number of rotatable bonds is 4. The van der Waals surface area contributed by atoms with E-state index >= 15 is 0 Å². The minimum atomic E-state index is -0.559. The van der Waals surface area contributed by atoms with Crippen LogP contribution in [0.15, 0.2) is 45.9 Å². The van der Waals surface area contributed by atoms with Gasteiger partial charge in [-0.05, 0) is 46.1 Å². The Kier molecular flexibility index (Phi) is 5.90. The van der Waals surface area contributed by atoms with Crippen molar-refractivity contribution in [2.24, 2.45) is 0 Å². The summed E-state index contributed by atoms with van der Waals surface area (Å²) in [5.41, 5.74) is 2.37. The maximum atomic E-state index is 13.5. The van der Waals surface area contributed by atoms with E-state index in [1.807, 2.05) is 6.07 Å². The molecule has 3 aromatic heterocycles. The molecule has 1 saturated heterocycles. The highest BCUT2D eigenvalue weighted by molar-refractivity contribution is 9.10. The summed E-state index contributed by atoms with van der Waals surface area (Å²) in [5, 5.41) is 11.1. The quantitative estimate of drug-likeness (QED) is 0.426. The van der Waals surface area contributed by atoms with Gasteiger partial charge < -0.3 is 14.7 Å². The lowest BCUT2D eigenvalue weighted by atomic mass is 10.1. The highest BCUT2D eigenvalue weighted by Crippen LogP contribution is 2.32. The van der Waals surface area contributed by atoms with E-state index in [4.69, 9.17) is 4.74 Å². The van der Waals surface area contributed by atoms with Gasteiger partial charge in [-0.2, -0.15) is 0 Å². The lowest BCUT2D eigenvalue weighted by molar-refractivity contribution is 0.122. The summed E-state index contributed by atoms with van der Waals surface area (Å²) in [7, 11) is 0. The molecule has 4 aromatic rings. The number of aromatic hydroxyl groups is 1. The number of fused-ring (bicyclic) bond motifs is 1. The van der Waals surface area contributed by atoms with Crippen LogP contribution in [0.5, 0.6) is 5.75 Å². The van der Waals surface area contributed by atoms with Crippen molar-refractivity contribution < 1.29 is 14.2 Å². The number of halogens is 2. The fourth-order valence-corrected chi connectivity index (χ4v) is 5.29. The predicted molar refractivity (Wildman–Crippen MR) is 129 cm³/mol. The van der Waals surface area contributed by atoms with Gasteiger partial charge >= 0.3 is 5.56 Å². The Balaban J connectivity index is 1.51. The zero-order valence-corrected chi connectivity index (χ0v) is 20.1. The summed E-state index contributed by atoms with van der Waals surface area (Å²) >= 11 is 4.87. The van der Waals surface area contributed by atoms with Crippen LogP contribution in [0.25, 0.3) is 16.3 Å². The highest BCUT2D eigenvalue weighted by Gasteiger charge is 2.20. The fourth-order valence-electron chi connectivity index (χ4n) is 3.84. The minimum absolute atomic E-state index is 0.145. The molecule has 0 amide bonds. The molecule has 5 rings (SSSR count). The Morgan fingerprint density at radius 1 is 1.27 bits per heavy atom. The van der Waals surface area contributed by atoms with Crippen LogP contribution in [-0.2, 0) is 11.2 Å². The Labute approximate surface area is 201 Å². The third-order valence-electron chi connectivity index (χ3n) is 5.57. The van der Waals surface area contributed by atoms with Crippen LogP contribution >= 0.6 is 27.3 Å². The first-order valence-corrected chi connectivity index (χ1v) is 12.0. The number of morpholine rings is 1. The summed E-state index contributed by atoms with van der Waals surface area (Å²) in [5.74, 6) is -0.686. The molecule has 1 N–H and O–H groups in total. The van der Waals surface area contributed by atoms with Gasteiger partial charge in [-0.3, -0.25) is 9.20 Å². The standard InChI is InChI=1S/C23H20BrFN4O3S/c1-13-8-14(2-3-18(13)25)9-16-11-26-22(33-16)19-20(30)23(31)29-12-15(10-17(24)21(29)27-19)28-4-6-32-7-5-28/h2-3,8,10-12,30H,4-7,9H2,1H3. The summed E-state index contributed by atoms with van der Waals surface area (Å²) in [6.45, 7) is 4.41. The largest absolute Gasteiger partial charge is 0.501 e. The molecule has 0 radical (unpaired) electrons. The van der Waals surface area contributed by atoms with Crippen LogP contribution in [0.2, 0.25) is 0 Å². The third-order valence-corrected chi connectivity index (χ3v) is 7.16. The maximum Gasteiger partial charge on any atom is 0.300 e. The Bertz CT molecular complexity index is 1420. The van der Waals surface area contributed by atoms with E-state index in [9.17, 15) is 14.3 Å². The molecule has 1 aliphatic rings. The summed E-state index contributed by atoms with van der Waals surface area (Å²) in [6, 6.07) is 6.91. The molecular formula is C23H20BrFN4O3S. The number of pyridine rings is 1. The number of anilines is 1. The van der Waals surface area contributed by atoms with Crippen molar-refractivity contribution in [3.63, 3.8) is 0 Å². The molecule has 0 aliphatic carbocycles. The van der Waals surface area contributed by atoms with Gasteiger partial charge in [-0.25, -0.2) is 14.4 Å². The summed E-state index contributed by atoms with van der Waals surface area (Å²) in [4.78, 5) is 25.0. The maximum absolute atomic E-state index is 13.5. The molecule has 33 heavy (non-hydrogen) atoms. The molecule has 1 fully saturated rings. The first-order valence-electron chi connectivity index (χ1n) is 10.4. The molecule has 1 aliphatic heterocycles. The van der Waals surface area contributed by atoms with Crippen LogP contribution in [-0.4, -0.2) is 45.8 Å². The fraction of sp³-hybridized carbons (Fsp3) is 0.261. The second-order valence-corrected chi connectivity index (χ2v) is 9.82. The predicted octanol–water partition coefficient (Wildman–Crippen LogP) is 4.16. The average molecular weight is 531 g/mol. The average Bonchev–Trinajstić information content (AvgIpc) is 3.27. The van der Waals surface area contributed by atoms with E-state index < -0.39 is 11.3 Å². The van der Waals surface area contributed by atoms with Crippen molar-refractivity contribution in [1.82, 2.24) is 14.4 Å². The van der Waals surface area contributed by atoms with E-state index in [0.29, 0.717) is 40.3 Å². The number of thiazole rings is 1. The van der Waals surface area contributed by atoms with Gasteiger partial charge in [0.25, 0.3) is 0 Å². The number of nitrogens with zero attached hydrogens (tertiary/aromatic N) is 4. The van der Waals surface area contributed by atoms with Gasteiger partial charge in [-0.1, -0.05) is 12.1 Å². The number of aromatic nitrogens is 3. The molecule has 4 heterocycles. The second kappa shape index (κ2) is 8.85. The van der Waals surface area contributed by atoms with Crippen LogP contribution in [0, 0.1) is 12.7 Å². The van der Waals surface area contributed by atoms with Crippen LogP contribution in [0.3, 0.4) is 0 Å². The molecule has 10 heteroatoms. The molecule has 0 bridgehead atoms. The second-order valence-electron chi connectivity index (χ2n) is 7.85. The van der Waals surface area contributed by atoms with E-state index in [2.05, 4.69) is 30.8 Å². The van der Waals surface area contributed by atoms with E-state index in [1.165, 1.54) is 21.8 Å². The van der Waals surface area contributed by atoms with E-state index in [-0.39, 0.29) is 11.5 Å². The Morgan fingerprint density at radius 3 is 2.82 bits per heavy atom. The first kappa shape index (κ1) is 22.0. The van der Waals surface area contributed by atoms with Gasteiger partial charge in [0, 0.05) is 36.8 Å². The van der Waals surface area contributed by atoms with Crippen LogP contribution in [0.4, 0.5) is 10.1 Å². The Morgan fingerprint density at radius 2 is 2.06 bits per heavy atom. The molecule has 0 saturated carbocycles. The topological polar surface area (TPSA) is 80.0 Å². The zero-order chi connectivity index (χ0) is 23.1. The molecule has 0 spiro atoms. The van der Waals surface area contributed by atoms with Crippen molar-refractivity contribution >= 4 is 38.6 Å². The number of aryl methyl sites for hydroxylation is 1. The summed E-state index contributed by atoms with van der Waals surface area (Å²) < 4.78 is 20.9. The number of hydrogen-bond donors (Lipinski definition) is 1. The smallest absolute Gasteiger partial charge is 0.300 e. The van der Waals surface area contributed by atoms with Gasteiger partial charge in [0.05, 0.1) is 23.4 Å². The third kappa shape index (κ3) is 4.25. The molecule has 170 valence electrons. The SMILES string of the molecule is Cc1cc(Cc2cnc(-c3nc4c(Br)cc(N5CCOCC5)cn4c(=O)c3O)s2)ccc1F. The summed E-state index contributed by atoms with van der Waals surface area (Å²) in [6.07, 6.45) is 3.95. The Hall–Kier alpha value is -2.82. The van der Waals surface area contributed by atoms with Crippen molar-refractivity contribution in [2.75, 3.05) is 31.2 Å². The number of benzene rings is 1. The minimum Gasteiger partial charge on any atom is -0.501 e. The van der Waals surface area contributed by atoms with Gasteiger partial charge in [-0.15, -0.1) is 11.3 Å². The normalized spacial score (nSPS) is 14.2. The van der Waals surface area contributed by atoms with Crippen molar-refractivity contribution in [2.45, 2.75) is 13.3 Å². The lowest BCUT2D eigenvalue weighted by Crippen LogP contribution is -2.36. The van der Waals surface area contributed by atoms with Crippen molar-refractivity contribution in [3.05, 3.63) is 73.3 Å². The van der Waals surface area contributed by atoms with Gasteiger partial charge in [0.1, 0.15) is 16.5 Å². The lowest BCUT2D eigenvalue weighted by Gasteiger charge is -2.29. The highest BCUT2D eigenvalue weighted by atomic mass is 79.9. The zero-order valence-electron chi connectivity index (χ0n) is 17.7. The molecular weight excluding hydrogens is 511 g/mol. The van der Waals surface area contributed by atoms with Gasteiger partial charge in [0.2, 0.25) is 5.75 Å². The molecule has 0 atom stereocenters.